The highest BCUT2D eigenvalue weighted by Gasteiger charge is 2.22. The molecule has 1 N–H and O–H groups in total. The minimum Gasteiger partial charge on any atom is -0.497 e. The molecule has 4 rings (SSSR count). The third-order valence-corrected chi connectivity index (χ3v) is 4.83. The molecule has 138 valence electrons. The number of nitrogens with one attached hydrogen (secondary N) is 1. The van der Waals surface area contributed by atoms with E-state index in [0.29, 0.717) is 11.7 Å². The normalized spacial score (nSPS) is 15.8. The van der Waals surface area contributed by atoms with Crippen LogP contribution in [0.4, 0.5) is 0 Å². The van der Waals surface area contributed by atoms with Gasteiger partial charge in [-0.15, -0.1) is 0 Å². The van der Waals surface area contributed by atoms with Crippen molar-refractivity contribution in [3.8, 4) is 17.1 Å². The minimum absolute atomic E-state index is 0.0476. The summed E-state index contributed by atoms with van der Waals surface area (Å²) in [7, 11) is 1.62. The summed E-state index contributed by atoms with van der Waals surface area (Å²) in [6, 6.07) is 15.7. The number of amides is 1. The van der Waals surface area contributed by atoms with E-state index < -0.39 is 0 Å². The molecule has 1 atom stereocenters. The van der Waals surface area contributed by atoms with Crippen LogP contribution in [0.25, 0.3) is 11.4 Å². The van der Waals surface area contributed by atoms with E-state index >= 15 is 0 Å². The molecule has 0 spiro atoms. The number of aryl methyl sites for hydroxylation is 1. The van der Waals surface area contributed by atoms with E-state index in [9.17, 15) is 4.79 Å². The number of hydrogen-bond acceptors (Lipinski definition) is 5. The summed E-state index contributed by atoms with van der Waals surface area (Å²) in [5.41, 5.74) is 3.34. The number of hydrogen-bond donors (Lipinski definition) is 1. The number of carbonyl (C=O) groups excluding carboxylic acids is 1. The van der Waals surface area contributed by atoms with Gasteiger partial charge in [-0.3, -0.25) is 4.79 Å². The van der Waals surface area contributed by atoms with E-state index in [1.54, 1.807) is 7.11 Å². The summed E-state index contributed by atoms with van der Waals surface area (Å²) in [6.45, 7) is 0. The van der Waals surface area contributed by atoms with Crippen molar-refractivity contribution in [2.24, 2.45) is 0 Å². The van der Waals surface area contributed by atoms with Crippen LogP contribution in [0.5, 0.6) is 5.75 Å². The number of aromatic nitrogens is 2. The van der Waals surface area contributed by atoms with Crippen molar-refractivity contribution in [1.82, 2.24) is 15.5 Å². The van der Waals surface area contributed by atoms with E-state index in [-0.39, 0.29) is 18.4 Å². The van der Waals surface area contributed by atoms with Crippen LogP contribution in [0.15, 0.2) is 53.1 Å². The van der Waals surface area contributed by atoms with Crippen molar-refractivity contribution in [3.05, 3.63) is 65.5 Å². The summed E-state index contributed by atoms with van der Waals surface area (Å²) < 4.78 is 10.4. The molecule has 1 heterocycles. The summed E-state index contributed by atoms with van der Waals surface area (Å²) in [5, 5.41) is 7.08. The van der Waals surface area contributed by atoms with Gasteiger partial charge in [-0.2, -0.15) is 4.98 Å². The number of carbonyl (C=O) groups is 1. The standard InChI is InChI=1S/C21H21N3O3/c1-26-16-11-9-15(10-12-16)21-23-20(27-24-21)13-19(25)22-18-8-4-6-14-5-2-3-7-17(14)18/h2-3,5,7,9-12,18H,4,6,8,13H2,1H3,(H,22,25). The molecule has 1 unspecified atom stereocenters. The molecule has 2 aromatic carbocycles. The number of methoxy groups -OCH3 is 1. The summed E-state index contributed by atoms with van der Waals surface area (Å²) in [6.07, 6.45) is 3.16. The molecule has 1 aliphatic carbocycles. The topological polar surface area (TPSA) is 77.2 Å². The molecule has 6 heteroatoms. The average molecular weight is 363 g/mol. The molecule has 1 amide bonds. The first-order valence-corrected chi connectivity index (χ1v) is 9.07. The van der Waals surface area contributed by atoms with Crippen molar-refractivity contribution in [1.29, 1.82) is 0 Å². The molecule has 0 fully saturated rings. The van der Waals surface area contributed by atoms with E-state index in [0.717, 1.165) is 30.6 Å². The second-order valence-electron chi connectivity index (χ2n) is 6.63. The first kappa shape index (κ1) is 17.3. The third-order valence-electron chi connectivity index (χ3n) is 4.83. The molecular formula is C21H21N3O3. The smallest absolute Gasteiger partial charge is 0.236 e. The third kappa shape index (κ3) is 3.84. The van der Waals surface area contributed by atoms with Crippen LogP contribution in [-0.4, -0.2) is 23.2 Å². The summed E-state index contributed by atoms with van der Waals surface area (Å²) >= 11 is 0. The highest BCUT2D eigenvalue weighted by molar-refractivity contribution is 5.78. The molecule has 3 aromatic rings. The van der Waals surface area contributed by atoms with Crippen LogP contribution >= 0.6 is 0 Å². The van der Waals surface area contributed by atoms with Gasteiger partial charge >= 0.3 is 0 Å². The van der Waals surface area contributed by atoms with Gasteiger partial charge in [0.05, 0.1) is 13.2 Å². The molecule has 1 aromatic heterocycles. The van der Waals surface area contributed by atoms with Gasteiger partial charge in [0.2, 0.25) is 17.6 Å². The Morgan fingerprint density at radius 1 is 1.22 bits per heavy atom. The van der Waals surface area contributed by atoms with Crippen LogP contribution in [0, 0.1) is 0 Å². The van der Waals surface area contributed by atoms with Gasteiger partial charge in [-0.25, -0.2) is 0 Å². The maximum Gasteiger partial charge on any atom is 0.236 e. The number of fused-ring (bicyclic) bond motifs is 1. The fourth-order valence-corrected chi connectivity index (χ4v) is 3.47. The van der Waals surface area contributed by atoms with Crippen molar-refractivity contribution in [2.75, 3.05) is 7.11 Å². The first-order chi connectivity index (χ1) is 13.2. The number of benzene rings is 2. The maximum atomic E-state index is 12.5. The number of ether oxygens (including phenoxy) is 1. The van der Waals surface area contributed by atoms with Crippen molar-refractivity contribution in [3.63, 3.8) is 0 Å². The van der Waals surface area contributed by atoms with Crippen LogP contribution in [0.3, 0.4) is 0 Å². The highest BCUT2D eigenvalue weighted by Crippen LogP contribution is 2.29. The van der Waals surface area contributed by atoms with Crippen molar-refractivity contribution >= 4 is 5.91 Å². The monoisotopic (exact) mass is 363 g/mol. The number of rotatable bonds is 5. The van der Waals surface area contributed by atoms with E-state index in [1.165, 1.54) is 11.1 Å². The molecular weight excluding hydrogens is 342 g/mol. The van der Waals surface area contributed by atoms with Gasteiger partial charge in [-0.1, -0.05) is 29.4 Å². The summed E-state index contributed by atoms with van der Waals surface area (Å²) in [5.74, 6) is 1.42. The van der Waals surface area contributed by atoms with E-state index in [4.69, 9.17) is 9.26 Å². The van der Waals surface area contributed by atoms with Gasteiger partial charge in [0.1, 0.15) is 12.2 Å². The molecule has 0 saturated carbocycles. The van der Waals surface area contributed by atoms with Gasteiger partial charge in [-0.05, 0) is 54.7 Å². The lowest BCUT2D eigenvalue weighted by Gasteiger charge is -2.26. The van der Waals surface area contributed by atoms with Crippen LogP contribution in [0.1, 0.15) is 35.9 Å². The average Bonchev–Trinajstić information content (AvgIpc) is 3.16. The molecule has 0 bridgehead atoms. The van der Waals surface area contributed by atoms with E-state index in [1.807, 2.05) is 36.4 Å². The SMILES string of the molecule is COc1ccc(-c2noc(CC(=O)NC3CCCc4ccccc43)n2)cc1. The lowest BCUT2D eigenvalue weighted by atomic mass is 9.88. The minimum atomic E-state index is -0.110. The Labute approximate surface area is 157 Å². The Morgan fingerprint density at radius 2 is 2.04 bits per heavy atom. The lowest BCUT2D eigenvalue weighted by molar-refractivity contribution is -0.121. The fraction of sp³-hybridized carbons (Fsp3) is 0.286. The summed E-state index contributed by atoms with van der Waals surface area (Å²) in [4.78, 5) is 16.8. The Hall–Kier alpha value is -3.15. The fourth-order valence-electron chi connectivity index (χ4n) is 3.47. The van der Waals surface area contributed by atoms with Crippen LogP contribution in [-0.2, 0) is 17.6 Å². The first-order valence-electron chi connectivity index (χ1n) is 9.07. The molecule has 0 aliphatic heterocycles. The number of nitrogens with zero attached hydrogens (tertiary/aromatic N) is 2. The second kappa shape index (κ2) is 7.61. The van der Waals surface area contributed by atoms with E-state index in [2.05, 4.69) is 27.6 Å². The largest absolute Gasteiger partial charge is 0.497 e. The zero-order chi connectivity index (χ0) is 18.6. The predicted molar refractivity (Wildman–Crippen MR) is 100 cm³/mol. The van der Waals surface area contributed by atoms with Gasteiger partial charge in [0.15, 0.2) is 0 Å². The predicted octanol–water partition coefficient (Wildman–Crippen LogP) is 3.48. The molecule has 6 nitrogen and oxygen atoms in total. The molecule has 0 radical (unpaired) electrons. The van der Waals surface area contributed by atoms with Gasteiger partial charge in [0.25, 0.3) is 0 Å². The van der Waals surface area contributed by atoms with Crippen molar-refractivity contribution < 1.29 is 14.1 Å². The van der Waals surface area contributed by atoms with Crippen molar-refractivity contribution in [2.45, 2.75) is 31.7 Å². The molecule has 0 saturated heterocycles. The Kier molecular flexibility index (Phi) is 4.87. The quantitative estimate of drug-likeness (QED) is 0.751. The highest BCUT2D eigenvalue weighted by atomic mass is 16.5. The molecule has 27 heavy (non-hydrogen) atoms. The van der Waals surface area contributed by atoms with Crippen LogP contribution in [0.2, 0.25) is 0 Å². The maximum absolute atomic E-state index is 12.5. The Balaban J connectivity index is 1.41. The van der Waals surface area contributed by atoms with Crippen LogP contribution < -0.4 is 10.1 Å². The lowest BCUT2D eigenvalue weighted by Crippen LogP contribution is -2.32. The molecule has 1 aliphatic rings. The van der Waals surface area contributed by atoms with Gasteiger partial charge < -0.3 is 14.6 Å². The van der Waals surface area contributed by atoms with Gasteiger partial charge in [0, 0.05) is 5.56 Å². The Morgan fingerprint density at radius 3 is 2.85 bits per heavy atom. The Bertz CT molecular complexity index is 934. The zero-order valence-electron chi connectivity index (χ0n) is 15.1. The zero-order valence-corrected chi connectivity index (χ0v) is 15.1. The second-order valence-corrected chi connectivity index (χ2v) is 6.63.